The molecule has 2 aliphatic rings. The van der Waals surface area contributed by atoms with Crippen LogP contribution in [0.25, 0.3) is 21.0 Å². The van der Waals surface area contributed by atoms with E-state index in [2.05, 4.69) is 28.9 Å². The average Bonchev–Trinajstić information content (AvgIpc) is 3.55. The molecule has 4 aromatic rings. The monoisotopic (exact) mass is 540 g/mol. The van der Waals surface area contributed by atoms with Crippen LogP contribution in [0.5, 0.6) is 5.75 Å². The predicted octanol–water partition coefficient (Wildman–Crippen LogP) is 5.32. The number of rotatable bonds is 5. The number of nitrogens with zero attached hydrogens (tertiary/aromatic N) is 1. The molecule has 4 heterocycles. The van der Waals surface area contributed by atoms with Gasteiger partial charge in [0, 0.05) is 32.6 Å². The highest BCUT2D eigenvalue weighted by Gasteiger charge is 2.56. The molecule has 8 nitrogen and oxygen atoms in total. The number of thiophene rings is 1. The second kappa shape index (κ2) is 8.93. The molecule has 6 rings (SSSR count). The minimum absolute atomic E-state index is 0.283. The first-order chi connectivity index (χ1) is 17.7. The fourth-order valence-corrected chi connectivity index (χ4v) is 6.57. The lowest BCUT2D eigenvalue weighted by Crippen LogP contribution is -2.47. The largest absolute Gasteiger partial charge is 0.449 e. The Kier molecular flexibility index (Phi) is 5.82. The predicted molar refractivity (Wildman–Crippen MR) is 141 cm³/mol. The van der Waals surface area contributed by atoms with Gasteiger partial charge in [-0.25, -0.2) is 9.59 Å². The molecule has 0 unspecified atom stereocenters. The average molecular weight is 541 g/mol. The van der Waals surface area contributed by atoms with Crippen molar-refractivity contribution in [3.63, 3.8) is 0 Å². The number of H-pyrrole nitrogens is 1. The lowest BCUT2D eigenvalue weighted by molar-refractivity contribution is -0.313. The molecule has 192 valence electrons. The Morgan fingerprint density at radius 2 is 1.97 bits per heavy atom. The zero-order valence-electron chi connectivity index (χ0n) is 20.2. The Morgan fingerprint density at radius 3 is 2.70 bits per heavy atom. The Bertz CT molecular complexity index is 1510. The van der Waals surface area contributed by atoms with Crippen molar-refractivity contribution in [2.24, 2.45) is 0 Å². The van der Waals surface area contributed by atoms with Gasteiger partial charge in [0.2, 0.25) is 0 Å². The van der Waals surface area contributed by atoms with Crippen LogP contribution in [-0.2, 0) is 19.1 Å². The Labute approximate surface area is 221 Å². The van der Waals surface area contributed by atoms with Crippen LogP contribution in [0.1, 0.15) is 37.5 Å². The number of aromatic amines is 1. The van der Waals surface area contributed by atoms with E-state index in [0.29, 0.717) is 17.1 Å². The summed E-state index contributed by atoms with van der Waals surface area (Å²) in [6.07, 6.45) is 0.623. The number of aliphatic hydroxyl groups excluding tert-OH is 1. The summed E-state index contributed by atoms with van der Waals surface area (Å²) in [5, 5.41) is 12.9. The molecule has 0 saturated carbocycles. The number of aliphatic hydroxyl groups is 1. The fraction of sp³-hybridized carbons (Fsp3) is 0.333. The van der Waals surface area contributed by atoms with Crippen LogP contribution in [0.3, 0.4) is 0 Å². The highest BCUT2D eigenvalue weighted by Crippen LogP contribution is 2.41. The highest BCUT2D eigenvalue weighted by atomic mass is 35.5. The number of nitrogens with one attached hydrogen (secondary N) is 1. The van der Waals surface area contributed by atoms with Gasteiger partial charge in [-0.05, 0) is 80.5 Å². The van der Waals surface area contributed by atoms with Gasteiger partial charge in [-0.1, -0.05) is 17.7 Å². The molecule has 2 N–H and O–H groups in total. The number of esters is 2. The van der Waals surface area contributed by atoms with Gasteiger partial charge in [-0.15, -0.1) is 11.3 Å². The standard InChI is InChI=1S/C27H25ClN2O6S/c1-14-10-16(23-12-17-11-18(28)6-7-22(17)37-23)8-9-30(14)24-13-19-20(29-24)4-3-5-21(19)34-27(15(2)31)35-25(32)26(33)36-27/h3-7,11-16,29,31H,8-10H2,1-2H3/t14-,15+,16+/m1/s1. The van der Waals surface area contributed by atoms with Crippen molar-refractivity contribution in [2.75, 3.05) is 11.4 Å². The molecule has 10 heteroatoms. The SMILES string of the molecule is C[C@@H]1C[C@@H](c2cc3cc(Cl)ccc3s2)CCN1c1cc2c(OC3([C@H](C)O)OC(=O)C(=O)O3)cccc2[nH]1. The van der Waals surface area contributed by atoms with Gasteiger partial charge in [0.1, 0.15) is 11.6 Å². The van der Waals surface area contributed by atoms with Crippen molar-refractivity contribution in [3.05, 3.63) is 58.4 Å². The lowest BCUT2D eigenvalue weighted by atomic mass is 9.90. The van der Waals surface area contributed by atoms with Crippen LogP contribution in [-0.4, -0.2) is 46.7 Å². The first-order valence-electron chi connectivity index (χ1n) is 12.1. The molecule has 2 aromatic carbocycles. The van der Waals surface area contributed by atoms with Crippen molar-refractivity contribution in [1.82, 2.24) is 4.98 Å². The molecule has 37 heavy (non-hydrogen) atoms. The van der Waals surface area contributed by atoms with Crippen molar-refractivity contribution in [1.29, 1.82) is 0 Å². The second-order valence-electron chi connectivity index (χ2n) is 9.63. The van der Waals surface area contributed by atoms with Gasteiger partial charge >= 0.3 is 17.9 Å². The summed E-state index contributed by atoms with van der Waals surface area (Å²) < 4.78 is 17.1. The number of hydrogen-bond donors (Lipinski definition) is 2. The third kappa shape index (κ3) is 4.21. The summed E-state index contributed by atoms with van der Waals surface area (Å²) in [6, 6.07) is 15.9. The normalized spacial score (nSPS) is 22.3. The maximum Gasteiger partial charge on any atom is 0.449 e. The topological polar surface area (TPSA) is 101 Å². The number of piperidine rings is 1. The Morgan fingerprint density at radius 1 is 1.19 bits per heavy atom. The highest BCUT2D eigenvalue weighted by molar-refractivity contribution is 7.19. The molecule has 0 radical (unpaired) electrons. The molecular formula is C27H25ClN2O6S. The summed E-state index contributed by atoms with van der Waals surface area (Å²) in [5.41, 5.74) is 0.805. The van der Waals surface area contributed by atoms with E-state index < -0.39 is 24.0 Å². The number of cyclic esters (lactones) is 2. The molecule has 0 aliphatic carbocycles. The smallest absolute Gasteiger partial charge is 0.418 e. The van der Waals surface area contributed by atoms with Crippen molar-refractivity contribution < 1.29 is 28.9 Å². The minimum atomic E-state index is -2.22. The number of aromatic nitrogens is 1. The maximum absolute atomic E-state index is 11.7. The third-order valence-corrected chi connectivity index (χ3v) is 8.61. The summed E-state index contributed by atoms with van der Waals surface area (Å²) in [6.45, 7) is 4.42. The zero-order valence-corrected chi connectivity index (χ0v) is 21.8. The van der Waals surface area contributed by atoms with E-state index in [9.17, 15) is 14.7 Å². The Hall–Kier alpha value is -3.27. The van der Waals surface area contributed by atoms with Crippen molar-refractivity contribution in [2.45, 2.75) is 50.7 Å². The number of anilines is 1. The van der Waals surface area contributed by atoms with Crippen molar-refractivity contribution in [3.8, 4) is 5.75 Å². The molecule has 0 amide bonds. The van der Waals surface area contributed by atoms with Crippen LogP contribution in [0.2, 0.25) is 5.02 Å². The van der Waals surface area contributed by atoms with Gasteiger partial charge in [0.05, 0.1) is 5.52 Å². The fourth-order valence-electron chi connectivity index (χ4n) is 5.19. The van der Waals surface area contributed by atoms with E-state index in [1.807, 2.05) is 35.6 Å². The van der Waals surface area contributed by atoms with E-state index in [0.717, 1.165) is 35.7 Å². The van der Waals surface area contributed by atoms with E-state index in [1.165, 1.54) is 21.9 Å². The minimum Gasteiger partial charge on any atom is -0.418 e. The molecule has 2 fully saturated rings. The van der Waals surface area contributed by atoms with Gasteiger partial charge < -0.3 is 29.2 Å². The van der Waals surface area contributed by atoms with Crippen LogP contribution < -0.4 is 9.64 Å². The molecular weight excluding hydrogens is 516 g/mol. The van der Waals surface area contributed by atoms with Gasteiger partial charge in [-0.3, -0.25) is 0 Å². The quantitative estimate of drug-likeness (QED) is 0.261. The number of hydrogen-bond acceptors (Lipinski definition) is 8. The third-order valence-electron chi connectivity index (χ3n) is 7.10. The molecule has 0 bridgehead atoms. The number of carbonyl (C=O) groups is 2. The number of ether oxygens (including phenoxy) is 3. The number of fused-ring (bicyclic) bond motifs is 2. The number of carbonyl (C=O) groups excluding carboxylic acids is 2. The molecule has 2 aliphatic heterocycles. The van der Waals surface area contributed by atoms with Crippen molar-refractivity contribution >= 4 is 61.7 Å². The maximum atomic E-state index is 11.7. The van der Waals surface area contributed by atoms with E-state index >= 15 is 0 Å². The van der Waals surface area contributed by atoms with Gasteiger partial charge in [0.15, 0.2) is 6.10 Å². The molecule has 2 saturated heterocycles. The van der Waals surface area contributed by atoms with E-state index in [4.69, 9.17) is 25.8 Å². The molecule has 2 aromatic heterocycles. The number of benzene rings is 2. The van der Waals surface area contributed by atoms with E-state index in [1.54, 1.807) is 12.1 Å². The summed E-state index contributed by atoms with van der Waals surface area (Å²) in [7, 11) is 0. The van der Waals surface area contributed by atoms with Crippen LogP contribution >= 0.6 is 22.9 Å². The van der Waals surface area contributed by atoms with Gasteiger partial charge in [-0.2, -0.15) is 0 Å². The lowest BCUT2D eigenvalue weighted by Gasteiger charge is -2.38. The number of halogens is 1. The van der Waals surface area contributed by atoms with Crippen LogP contribution in [0.4, 0.5) is 5.82 Å². The summed E-state index contributed by atoms with van der Waals surface area (Å²) in [5.74, 6) is -2.91. The van der Waals surface area contributed by atoms with Crippen LogP contribution in [0.15, 0.2) is 48.5 Å². The first kappa shape index (κ1) is 24.1. The van der Waals surface area contributed by atoms with Gasteiger partial charge in [0.25, 0.3) is 0 Å². The molecule has 3 atom stereocenters. The summed E-state index contributed by atoms with van der Waals surface area (Å²) in [4.78, 5) is 30.6. The molecule has 0 spiro atoms. The summed E-state index contributed by atoms with van der Waals surface area (Å²) >= 11 is 8.02. The second-order valence-corrected chi connectivity index (χ2v) is 11.2. The zero-order chi connectivity index (χ0) is 25.9. The van der Waals surface area contributed by atoms with E-state index in [-0.39, 0.29) is 6.04 Å². The first-order valence-corrected chi connectivity index (χ1v) is 13.3. The van der Waals surface area contributed by atoms with Crippen LogP contribution in [0, 0.1) is 0 Å². The Balaban J connectivity index is 1.24.